The standard InChI is InChI=1S/C27H29NO6/c1-27(2,3)34-26(31)28-23(25(30)32-4)15-18-8-7-11-22(14-18)33-17-24(29)21-13-12-19-9-5-6-10-20(19)16-21/h5-14,16,23H,15,17H2,1-4H3,(H,28,31)/t23-/m0/s1. The maximum atomic E-state index is 12.6. The lowest BCUT2D eigenvalue weighted by Gasteiger charge is -2.22. The largest absolute Gasteiger partial charge is 0.485 e. The first-order valence-corrected chi connectivity index (χ1v) is 11.0. The van der Waals surface area contributed by atoms with Gasteiger partial charge in [-0.25, -0.2) is 9.59 Å². The van der Waals surface area contributed by atoms with Crippen LogP contribution in [0.1, 0.15) is 36.7 Å². The molecule has 0 heterocycles. The first kappa shape index (κ1) is 24.8. The zero-order chi connectivity index (χ0) is 24.7. The Bertz CT molecular complexity index is 1180. The number of esters is 1. The van der Waals surface area contributed by atoms with Crippen molar-refractivity contribution in [2.24, 2.45) is 0 Å². The van der Waals surface area contributed by atoms with Gasteiger partial charge >= 0.3 is 12.1 Å². The summed E-state index contributed by atoms with van der Waals surface area (Å²) < 4.78 is 15.8. The van der Waals surface area contributed by atoms with Crippen molar-refractivity contribution in [3.8, 4) is 5.75 Å². The molecular weight excluding hydrogens is 434 g/mol. The average molecular weight is 464 g/mol. The molecular formula is C27H29NO6. The molecule has 0 spiro atoms. The highest BCUT2D eigenvalue weighted by Crippen LogP contribution is 2.18. The molecule has 3 rings (SSSR count). The zero-order valence-corrected chi connectivity index (χ0v) is 19.8. The highest BCUT2D eigenvalue weighted by Gasteiger charge is 2.25. The second-order valence-corrected chi connectivity index (χ2v) is 8.85. The van der Waals surface area contributed by atoms with Crippen molar-refractivity contribution in [3.63, 3.8) is 0 Å². The number of nitrogens with one attached hydrogen (secondary N) is 1. The Kier molecular flexibility index (Phi) is 7.89. The number of alkyl carbamates (subject to hydrolysis) is 1. The lowest BCUT2D eigenvalue weighted by atomic mass is 10.0. The van der Waals surface area contributed by atoms with Crippen LogP contribution in [0, 0.1) is 0 Å². The van der Waals surface area contributed by atoms with Gasteiger partial charge in [0.1, 0.15) is 17.4 Å². The van der Waals surface area contributed by atoms with Crippen LogP contribution in [0.5, 0.6) is 5.75 Å². The van der Waals surface area contributed by atoms with Crippen LogP contribution < -0.4 is 10.1 Å². The van der Waals surface area contributed by atoms with Crippen molar-refractivity contribution in [1.29, 1.82) is 0 Å². The molecule has 1 N–H and O–H groups in total. The van der Waals surface area contributed by atoms with Crippen molar-refractivity contribution in [2.45, 2.75) is 38.8 Å². The van der Waals surface area contributed by atoms with Gasteiger partial charge in [-0.2, -0.15) is 0 Å². The second-order valence-electron chi connectivity index (χ2n) is 8.85. The molecule has 34 heavy (non-hydrogen) atoms. The molecule has 0 saturated carbocycles. The molecule has 1 amide bonds. The summed E-state index contributed by atoms with van der Waals surface area (Å²) in [6.07, 6.45) is -0.543. The topological polar surface area (TPSA) is 90.9 Å². The number of carbonyl (C=O) groups is 3. The summed E-state index contributed by atoms with van der Waals surface area (Å²) in [5.74, 6) is -0.258. The number of ketones is 1. The number of methoxy groups -OCH3 is 1. The second kappa shape index (κ2) is 10.8. The van der Waals surface area contributed by atoms with Gasteiger partial charge in [-0.3, -0.25) is 4.79 Å². The normalized spacial score (nSPS) is 12.0. The number of hydrogen-bond acceptors (Lipinski definition) is 6. The van der Waals surface area contributed by atoms with Gasteiger partial charge in [0.2, 0.25) is 0 Å². The summed E-state index contributed by atoms with van der Waals surface area (Å²) in [7, 11) is 1.25. The molecule has 3 aromatic carbocycles. The number of Topliss-reactive ketones (excluding diaryl/α,β-unsaturated/α-hetero) is 1. The van der Waals surface area contributed by atoms with Crippen molar-refractivity contribution >= 4 is 28.6 Å². The van der Waals surface area contributed by atoms with E-state index in [4.69, 9.17) is 14.2 Å². The predicted molar refractivity (Wildman–Crippen MR) is 129 cm³/mol. The number of rotatable bonds is 8. The van der Waals surface area contributed by atoms with E-state index in [2.05, 4.69) is 5.32 Å². The Morgan fingerprint density at radius 2 is 1.65 bits per heavy atom. The smallest absolute Gasteiger partial charge is 0.408 e. The molecule has 0 radical (unpaired) electrons. The van der Waals surface area contributed by atoms with Gasteiger partial charge in [0.05, 0.1) is 7.11 Å². The Morgan fingerprint density at radius 1 is 0.912 bits per heavy atom. The van der Waals surface area contributed by atoms with E-state index < -0.39 is 23.7 Å². The van der Waals surface area contributed by atoms with E-state index in [0.717, 1.165) is 16.3 Å². The number of hydrogen-bond donors (Lipinski definition) is 1. The third-order valence-electron chi connectivity index (χ3n) is 4.96. The first-order chi connectivity index (χ1) is 16.1. The molecule has 1 atom stereocenters. The van der Waals surface area contributed by atoms with Crippen LogP contribution >= 0.6 is 0 Å². The molecule has 0 aliphatic carbocycles. The van der Waals surface area contributed by atoms with Crippen molar-refractivity contribution in [1.82, 2.24) is 5.32 Å². The van der Waals surface area contributed by atoms with E-state index in [9.17, 15) is 14.4 Å². The average Bonchev–Trinajstić information content (AvgIpc) is 2.80. The zero-order valence-electron chi connectivity index (χ0n) is 19.8. The highest BCUT2D eigenvalue weighted by molar-refractivity contribution is 6.00. The van der Waals surface area contributed by atoms with Crippen LogP contribution in [0.3, 0.4) is 0 Å². The molecule has 0 bridgehead atoms. The van der Waals surface area contributed by atoms with Gasteiger partial charge in [-0.05, 0) is 55.3 Å². The van der Waals surface area contributed by atoms with Crippen LogP contribution in [-0.4, -0.2) is 43.2 Å². The summed E-state index contributed by atoms with van der Waals surface area (Å²) in [5.41, 5.74) is 0.597. The molecule has 7 heteroatoms. The van der Waals surface area contributed by atoms with Crippen LogP contribution in [0.4, 0.5) is 4.79 Å². The van der Waals surface area contributed by atoms with Crippen LogP contribution in [0.25, 0.3) is 10.8 Å². The number of ether oxygens (including phenoxy) is 3. The van der Waals surface area contributed by atoms with Crippen molar-refractivity contribution < 1.29 is 28.6 Å². The molecule has 178 valence electrons. The monoisotopic (exact) mass is 463 g/mol. The Hall–Kier alpha value is -3.87. The maximum absolute atomic E-state index is 12.6. The maximum Gasteiger partial charge on any atom is 0.408 e. The van der Waals surface area contributed by atoms with E-state index >= 15 is 0 Å². The SMILES string of the molecule is COC(=O)[C@H](Cc1cccc(OCC(=O)c2ccc3ccccc3c2)c1)NC(=O)OC(C)(C)C. The fourth-order valence-corrected chi connectivity index (χ4v) is 3.38. The molecule has 3 aromatic rings. The van der Waals surface area contributed by atoms with Crippen LogP contribution in [0.15, 0.2) is 66.7 Å². The molecule has 0 aromatic heterocycles. The van der Waals surface area contributed by atoms with Crippen molar-refractivity contribution in [3.05, 3.63) is 77.9 Å². The number of fused-ring (bicyclic) bond motifs is 1. The third kappa shape index (κ3) is 7.07. The molecule has 0 fully saturated rings. The van der Waals surface area contributed by atoms with Gasteiger partial charge < -0.3 is 19.5 Å². The Labute approximate surface area is 199 Å². The van der Waals surface area contributed by atoms with Gasteiger partial charge in [-0.1, -0.05) is 48.5 Å². The summed E-state index contributed by atoms with van der Waals surface area (Å²) >= 11 is 0. The molecule has 0 saturated heterocycles. The summed E-state index contributed by atoms with van der Waals surface area (Å²) in [6, 6.07) is 19.4. The Balaban J connectivity index is 1.64. The van der Waals surface area contributed by atoms with E-state index in [0.29, 0.717) is 11.3 Å². The Morgan fingerprint density at radius 3 is 2.35 bits per heavy atom. The minimum Gasteiger partial charge on any atom is -0.485 e. The quantitative estimate of drug-likeness (QED) is 0.384. The summed E-state index contributed by atoms with van der Waals surface area (Å²) in [6.45, 7) is 5.08. The number of amides is 1. The van der Waals surface area contributed by atoms with Gasteiger partial charge in [0.25, 0.3) is 0 Å². The van der Waals surface area contributed by atoms with E-state index in [1.807, 2.05) is 36.4 Å². The lowest BCUT2D eigenvalue weighted by Crippen LogP contribution is -2.45. The minimum absolute atomic E-state index is 0.127. The summed E-state index contributed by atoms with van der Waals surface area (Å²) in [4.78, 5) is 37.0. The van der Waals surface area contributed by atoms with Gasteiger partial charge in [0.15, 0.2) is 12.4 Å². The van der Waals surface area contributed by atoms with Crippen LogP contribution in [-0.2, 0) is 20.7 Å². The first-order valence-electron chi connectivity index (χ1n) is 11.0. The summed E-state index contributed by atoms with van der Waals surface area (Å²) in [5, 5.41) is 4.60. The molecule has 0 unspecified atom stereocenters. The van der Waals surface area contributed by atoms with E-state index in [1.165, 1.54) is 7.11 Å². The lowest BCUT2D eigenvalue weighted by molar-refractivity contribution is -0.143. The molecule has 0 aliphatic heterocycles. The fraction of sp³-hybridized carbons (Fsp3) is 0.296. The number of benzene rings is 3. The number of carbonyl (C=O) groups excluding carboxylic acids is 3. The van der Waals surface area contributed by atoms with Crippen molar-refractivity contribution in [2.75, 3.05) is 13.7 Å². The van der Waals surface area contributed by atoms with Gasteiger partial charge in [0, 0.05) is 12.0 Å². The van der Waals surface area contributed by atoms with Gasteiger partial charge in [-0.15, -0.1) is 0 Å². The van der Waals surface area contributed by atoms with E-state index in [1.54, 1.807) is 51.1 Å². The predicted octanol–water partition coefficient (Wildman–Crippen LogP) is 4.71. The third-order valence-corrected chi connectivity index (χ3v) is 4.96. The highest BCUT2D eigenvalue weighted by atomic mass is 16.6. The van der Waals surface area contributed by atoms with Crippen LogP contribution in [0.2, 0.25) is 0 Å². The fourth-order valence-electron chi connectivity index (χ4n) is 3.38. The van der Waals surface area contributed by atoms with E-state index in [-0.39, 0.29) is 18.8 Å². The molecule has 7 nitrogen and oxygen atoms in total. The molecule has 0 aliphatic rings. The minimum atomic E-state index is -0.936.